The first-order chi connectivity index (χ1) is 6.27. The van der Waals surface area contributed by atoms with Crippen LogP contribution in [-0.2, 0) is 0 Å². The molecular formula is C8H12BrN3O. The maximum Gasteiger partial charge on any atom is 0.0888 e. The number of piperidine rings is 1. The molecule has 0 amide bonds. The van der Waals surface area contributed by atoms with Gasteiger partial charge in [-0.05, 0) is 28.9 Å². The molecule has 1 aliphatic heterocycles. The van der Waals surface area contributed by atoms with Crippen molar-refractivity contribution in [1.82, 2.24) is 15.1 Å². The summed E-state index contributed by atoms with van der Waals surface area (Å²) in [6, 6.07) is 0.118. The van der Waals surface area contributed by atoms with Gasteiger partial charge >= 0.3 is 0 Å². The van der Waals surface area contributed by atoms with Gasteiger partial charge in [0.15, 0.2) is 0 Å². The molecule has 2 N–H and O–H groups in total. The Kier molecular flexibility index (Phi) is 2.66. The lowest BCUT2D eigenvalue weighted by Crippen LogP contribution is -2.41. The third kappa shape index (κ3) is 1.92. The quantitative estimate of drug-likeness (QED) is 0.760. The zero-order valence-corrected chi connectivity index (χ0v) is 8.74. The summed E-state index contributed by atoms with van der Waals surface area (Å²) in [5.41, 5.74) is 0. The molecule has 0 saturated carbocycles. The van der Waals surface area contributed by atoms with E-state index in [0.29, 0.717) is 6.54 Å². The van der Waals surface area contributed by atoms with Crippen molar-refractivity contribution in [2.75, 3.05) is 13.1 Å². The van der Waals surface area contributed by atoms with Crippen LogP contribution in [0, 0.1) is 0 Å². The zero-order chi connectivity index (χ0) is 9.26. The number of nitrogens with one attached hydrogen (secondary N) is 1. The molecule has 72 valence electrons. The van der Waals surface area contributed by atoms with Crippen LogP contribution in [0.1, 0.15) is 12.5 Å². The monoisotopic (exact) mass is 245 g/mol. The summed E-state index contributed by atoms with van der Waals surface area (Å²) in [5, 5.41) is 17.0. The number of hydrogen-bond acceptors (Lipinski definition) is 3. The lowest BCUT2D eigenvalue weighted by Gasteiger charge is -2.28. The van der Waals surface area contributed by atoms with Gasteiger partial charge in [0.05, 0.1) is 22.8 Å². The summed E-state index contributed by atoms with van der Waals surface area (Å²) in [7, 11) is 0. The van der Waals surface area contributed by atoms with Crippen molar-refractivity contribution in [3.05, 3.63) is 16.9 Å². The van der Waals surface area contributed by atoms with E-state index in [0.717, 1.165) is 17.4 Å². The number of nitrogens with zero attached hydrogens (tertiary/aromatic N) is 2. The third-order valence-electron chi connectivity index (χ3n) is 2.32. The minimum atomic E-state index is -0.333. The fourth-order valence-corrected chi connectivity index (χ4v) is 1.93. The number of halogens is 1. The SMILES string of the molecule is OC1CNCCC1n1cc(Br)cn1. The molecule has 0 radical (unpaired) electrons. The summed E-state index contributed by atoms with van der Waals surface area (Å²) in [5.74, 6) is 0. The normalized spacial score (nSPS) is 29.1. The van der Waals surface area contributed by atoms with Gasteiger partial charge in [-0.2, -0.15) is 5.10 Å². The molecule has 0 aliphatic carbocycles. The van der Waals surface area contributed by atoms with Gasteiger partial charge in [-0.15, -0.1) is 0 Å². The van der Waals surface area contributed by atoms with Crippen molar-refractivity contribution >= 4 is 15.9 Å². The summed E-state index contributed by atoms with van der Waals surface area (Å²) >= 11 is 3.34. The first-order valence-electron chi connectivity index (χ1n) is 4.36. The van der Waals surface area contributed by atoms with E-state index in [4.69, 9.17) is 0 Å². The van der Waals surface area contributed by atoms with Crippen LogP contribution in [-0.4, -0.2) is 34.1 Å². The number of hydrogen-bond donors (Lipinski definition) is 2. The molecule has 0 bridgehead atoms. The van der Waals surface area contributed by atoms with Gasteiger partial charge in [0.1, 0.15) is 0 Å². The Morgan fingerprint density at radius 3 is 3.15 bits per heavy atom. The van der Waals surface area contributed by atoms with Crippen molar-refractivity contribution in [3.63, 3.8) is 0 Å². The minimum absolute atomic E-state index is 0.118. The fourth-order valence-electron chi connectivity index (χ4n) is 1.63. The molecule has 1 fully saturated rings. The largest absolute Gasteiger partial charge is 0.390 e. The maximum atomic E-state index is 9.69. The Morgan fingerprint density at radius 2 is 2.54 bits per heavy atom. The van der Waals surface area contributed by atoms with Gasteiger partial charge in [0.2, 0.25) is 0 Å². The first kappa shape index (κ1) is 9.18. The van der Waals surface area contributed by atoms with E-state index in [1.54, 1.807) is 6.20 Å². The summed E-state index contributed by atoms with van der Waals surface area (Å²) in [6.07, 6.45) is 4.24. The van der Waals surface area contributed by atoms with E-state index >= 15 is 0 Å². The average molecular weight is 246 g/mol. The Balaban J connectivity index is 2.14. The first-order valence-corrected chi connectivity index (χ1v) is 5.15. The number of aliphatic hydroxyl groups is 1. The van der Waals surface area contributed by atoms with E-state index in [9.17, 15) is 5.11 Å². The number of β-amino-alcohol motifs (C(OH)–C–C–N with tert-alkyl or cyclic N) is 1. The zero-order valence-electron chi connectivity index (χ0n) is 7.15. The van der Waals surface area contributed by atoms with Crippen LogP contribution in [0.5, 0.6) is 0 Å². The van der Waals surface area contributed by atoms with Crippen LogP contribution in [0.15, 0.2) is 16.9 Å². The van der Waals surface area contributed by atoms with E-state index in [1.807, 2.05) is 10.9 Å². The lowest BCUT2D eigenvalue weighted by atomic mass is 10.0. The van der Waals surface area contributed by atoms with E-state index in [-0.39, 0.29) is 12.1 Å². The van der Waals surface area contributed by atoms with Crippen molar-refractivity contribution in [2.24, 2.45) is 0 Å². The van der Waals surface area contributed by atoms with Crippen molar-refractivity contribution in [3.8, 4) is 0 Å². The molecule has 2 heterocycles. The molecule has 2 rings (SSSR count). The highest BCUT2D eigenvalue weighted by Gasteiger charge is 2.24. The highest BCUT2D eigenvalue weighted by Crippen LogP contribution is 2.20. The minimum Gasteiger partial charge on any atom is -0.390 e. The van der Waals surface area contributed by atoms with Crippen molar-refractivity contribution < 1.29 is 5.11 Å². The van der Waals surface area contributed by atoms with Gasteiger partial charge in [0, 0.05) is 12.7 Å². The molecule has 0 spiro atoms. The summed E-state index contributed by atoms with van der Waals surface area (Å²) in [4.78, 5) is 0. The van der Waals surface area contributed by atoms with Gasteiger partial charge in [0.25, 0.3) is 0 Å². The molecule has 2 unspecified atom stereocenters. The smallest absolute Gasteiger partial charge is 0.0888 e. The standard InChI is InChI=1S/C8H12BrN3O/c9-6-3-11-12(5-6)7-1-2-10-4-8(7)13/h3,5,7-8,10,13H,1-2,4H2. The summed E-state index contributed by atoms with van der Waals surface area (Å²) < 4.78 is 2.79. The van der Waals surface area contributed by atoms with Crippen LogP contribution in [0.3, 0.4) is 0 Å². The fraction of sp³-hybridized carbons (Fsp3) is 0.625. The topological polar surface area (TPSA) is 50.1 Å². The second-order valence-corrected chi connectivity index (χ2v) is 4.18. The van der Waals surface area contributed by atoms with Crippen LogP contribution in [0.2, 0.25) is 0 Å². The van der Waals surface area contributed by atoms with Crippen LogP contribution < -0.4 is 5.32 Å². The predicted molar refractivity (Wildman–Crippen MR) is 52.5 cm³/mol. The van der Waals surface area contributed by atoms with Crippen LogP contribution >= 0.6 is 15.9 Å². The molecule has 0 aromatic carbocycles. The van der Waals surface area contributed by atoms with E-state index in [1.165, 1.54) is 0 Å². The maximum absolute atomic E-state index is 9.69. The third-order valence-corrected chi connectivity index (χ3v) is 2.73. The molecule has 2 atom stereocenters. The van der Waals surface area contributed by atoms with Crippen molar-refractivity contribution in [2.45, 2.75) is 18.6 Å². The predicted octanol–water partition coefficient (Wildman–Crippen LogP) is 0.541. The highest BCUT2D eigenvalue weighted by atomic mass is 79.9. The Labute approximate surface area is 85.1 Å². The summed E-state index contributed by atoms with van der Waals surface area (Å²) in [6.45, 7) is 1.60. The average Bonchev–Trinajstić information content (AvgIpc) is 2.53. The molecule has 1 saturated heterocycles. The van der Waals surface area contributed by atoms with Crippen LogP contribution in [0.4, 0.5) is 0 Å². The van der Waals surface area contributed by atoms with Gasteiger partial charge in [-0.25, -0.2) is 0 Å². The van der Waals surface area contributed by atoms with E-state index < -0.39 is 0 Å². The second kappa shape index (κ2) is 3.77. The molecule has 1 aromatic rings. The highest BCUT2D eigenvalue weighted by molar-refractivity contribution is 9.10. The molecular weight excluding hydrogens is 234 g/mol. The molecule has 13 heavy (non-hydrogen) atoms. The molecule has 1 aromatic heterocycles. The molecule has 4 nitrogen and oxygen atoms in total. The number of aromatic nitrogens is 2. The lowest BCUT2D eigenvalue weighted by molar-refractivity contribution is 0.0810. The number of rotatable bonds is 1. The second-order valence-electron chi connectivity index (χ2n) is 3.27. The Bertz CT molecular complexity index is 289. The molecule has 5 heteroatoms. The molecule has 1 aliphatic rings. The van der Waals surface area contributed by atoms with E-state index in [2.05, 4.69) is 26.3 Å². The van der Waals surface area contributed by atoms with Gasteiger partial charge in [-0.3, -0.25) is 4.68 Å². The number of aliphatic hydroxyl groups excluding tert-OH is 1. The Hall–Kier alpha value is -0.390. The van der Waals surface area contributed by atoms with Crippen molar-refractivity contribution in [1.29, 1.82) is 0 Å². The van der Waals surface area contributed by atoms with Gasteiger partial charge < -0.3 is 10.4 Å². The van der Waals surface area contributed by atoms with Crippen LogP contribution in [0.25, 0.3) is 0 Å². The Morgan fingerprint density at radius 1 is 1.69 bits per heavy atom. The van der Waals surface area contributed by atoms with Gasteiger partial charge in [-0.1, -0.05) is 0 Å².